The fourth-order valence-electron chi connectivity index (χ4n) is 2.82. The number of hydrogen-bond donors (Lipinski definition) is 0. The number of halogens is 2. The molecule has 0 amide bonds. The number of carbonyl (C=O) groups is 1. The Morgan fingerprint density at radius 2 is 1.82 bits per heavy atom. The second-order valence-corrected chi connectivity index (χ2v) is 6.11. The van der Waals surface area contributed by atoms with E-state index in [-0.39, 0.29) is 23.8 Å². The smallest absolute Gasteiger partial charge is 0.314 e. The summed E-state index contributed by atoms with van der Waals surface area (Å²) in [6.45, 7) is -0.149. The van der Waals surface area contributed by atoms with Crippen LogP contribution in [0.15, 0.2) is 70.0 Å². The van der Waals surface area contributed by atoms with Gasteiger partial charge in [0.25, 0.3) is 11.4 Å². The molecule has 0 radical (unpaired) electrons. The maximum atomic E-state index is 12.6. The van der Waals surface area contributed by atoms with Gasteiger partial charge in [0.15, 0.2) is 5.78 Å². The van der Waals surface area contributed by atoms with E-state index in [4.69, 9.17) is 4.42 Å². The van der Waals surface area contributed by atoms with Crippen LogP contribution in [0.2, 0.25) is 0 Å². The van der Waals surface area contributed by atoms with E-state index in [1.54, 1.807) is 12.1 Å². The van der Waals surface area contributed by atoms with Crippen LogP contribution in [-0.2, 0) is 6.54 Å². The first-order valence-corrected chi connectivity index (χ1v) is 8.36. The van der Waals surface area contributed by atoms with Crippen LogP contribution in [0.3, 0.4) is 0 Å². The van der Waals surface area contributed by atoms with E-state index < -0.39 is 17.9 Å². The van der Waals surface area contributed by atoms with Gasteiger partial charge in [-0.2, -0.15) is 8.78 Å². The molecule has 4 aromatic rings. The molecule has 4 rings (SSSR count). The number of fused-ring (bicyclic) bond motifs is 1. The van der Waals surface area contributed by atoms with Crippen LogP contribution in [-0.4, -0.2) is 20.5 Å². The second kappa shape index (κ2) is 7.15. The summed E-state index contributed by atoms with van der Waals surface area (Å²) in [6.07, 6.45) is -1.50. The first-order chi connectivity index (χ1) is 13.5. The molecule has 0 fully saturated rings. The van der Waals surface area contributed by atoms with Crippen molar-refractivity contribution in [2.45, 2.75) is 13.0 Å². The van der Waals surface area contributed by atoms with E-state index in [1.807, 2.05) is 30.3 Å². The summed E-state index contributed by atoms with van der Waals surface area (Å²) in [5.74, 6) is -1.22. The van der Waals surface area contributed by atoms with Crippen LogP contribution >= 0.6 is 0 Å². The molecule has 2 aromatic carbocycles. The quantitative estimate of drug-likeness (QED) is 0.491. The molecule has 2 heterocycles. The summed E-state index contributed by atoms with van der Waals surface area (Å²) in [7, 11) is 0. The van der Waals surface area contributed by atoms with Crippen molar-refractivity contribution in [2.24, 2.45) is 0 Å². The Hall–Kier alpha value is -3.68. The van der Waals surface area contributed by atoms with Crippen molar-refractivity contribution in [3.05, 3.63) is 82.6 Å². The molecule has 0 aliphatic rings. The lowest BCUT2D eigenvalue weighted by atomic mass is 10.0. The van der Waals surface area contributed by atoms with E-state index in [0.29, 0.717) is 5.56 Å². The Bertz CT molecular complexity index is 1230. The molecule has 0 saturated carbocycles. The first kappa shape index (κ1) is 17.7. The lowest BCUT2D eigenvalue weighted by Gasteiger charge is -2.07. The normalized spacial score (nSPS) is 11.2. The van der Waals surface area contributed by atoms with Crippen molar-refractivity contribution in [3.63, 3.8) is 0 Å². The van der Waals surface area contributed by atoms with Gasteiger partial charge in [0.2, 0.25) is 5.89 Å². The maximum Gasteiger partial charge on any atom is 0.314 e. The van der Waals surface area contributed by atoms with Gasteiger partial charge in [-0.15, -0.1) is 10.2 Å². The summed E-state index contributed by atoms with van der Waals surface area (Å²) >= 11 is 0. The van der Waals surface area contributed by atoms with E-state index >= 15 is 0 Å². The van der Waals surface area contributed by atoms with Crippen LogP contribution < -0.4 is 5.56 Å². The zero-order chi connectivity index (χ0) is 19.7. The Kier molecular flexibility index (Phi) is 4.52. The predicted octanol–water partition coefficient (Wildman–Crippen LogP) is 3.87. The van der Waals surface area contributed by atoms with Gasteiger partial charge in [-0.3, -0.25) is 9.59 Å². The number of nitrogens with zero attached hydrogens (tertiary/aromatic N) is 3. The van der Waals surface area contributed by atoms with Crippen LogP contribution in [0.5, 0.6) is 0 Å². The summed E-state index contributed by atoms with van der Waals surface area (Å²) in [6, 6.07) is 15.6. The molecule has 0 bridgehead atoms. The molecular formula is C20H13F2N3O3. The number of hydrogen-bond acceptors (Lipinski definition) is 5. The highest BCUT2D eigenvalue weighted by Gasteiger charge is 2.17. The average Bonchev–Trinajstić information content (AvgIpc) is 3.19. The lowest BCUT2D eigenvalue weighted by molar-refractivity contribution is 0.0971. The molecule has 8 heteroatoms. The molecular weight excluding hydrogens is 368 g/mol. The Balaban J connectivity index is 1.57. The Labute approximate surface area is 157 Å². The minimum Gasteiger partial charge on any atom is -0.415 e. The summed E-state index contributed by atoms with van der Waals surface area (Å²) < 4.78 is 31.1. The highest BCUT2D eigenvalue weighted by molar-refractivity contribution is 5.99. The van der Waals surface area contributed by atoms with Crippen LogP contribution in [0.25, 0.3) is 22.2 Å². The molecule has 0 saturated heterocycles. The van der Waals surface area contributed by atoms with Gasteiger partial charge in [-0.05, 0) is 22.9 Å². The van der Waals surface area contributed by atoms with E-state index in [2.05, 4.69) is 10.2 Å². The minimum atomic E-state index is -2.89. The molecule has 2 aromatic heterocycles. The van der Waals surface area contributed by atoms with Crippen LogP contribution in [0.1, 0.15) is 22.7 Å². The summed E-state index contributed by atoms with van der Waals surface area (Å²) in [5, 5.41) is 8.68. The van der Waals surface area contributed by atoms with Gasteiger partial charge >= 0.3 is 6.43 Å². The van der Waals surface area contributed by atoms with Crippen molar-refractivity contribution >= 4 is 16.6 Å². The van der Waals surface area contributed by atoms with Gasteiger partial charge in [0, 0.05) is 23.4 Å². The molecule has 6 nitrogen and oxygen atoms in total. The Morgan fingerprint density at radius 1 is 1.04 bits per heavy atom. The molecule has 140 valence electrons. The molecule has 0 spiro atoms. The number of aromatic nitrogens is 3. The number of rotatable bonds is 5. The Morgan fingerprint density at radius 3 is 2.54 bits per heavy atom. The SMILES string of the molecule is O=C(Cn1ccc(-c2nnc(C(F)F)o2)cc1=O)c1ccc2ccccc2c1. The van der Waals surface area contributed by atoms with Crippen molar-refractivity contribution in [1.29, 1.82) is 0 Å². The highest BCUT2D eigenvalue weighted by atomic mass is 19.3. The third-order valence-electron chi connectivity index (χ3n) is 4.26. The molecule has 0 N–H and O–H groups in total. The number of ketones is 1. The summed E-state index contributed by atoms with van der Waals surface area (Å²) in [5.41, 5.74) is 0.218. The van der Waals surface area contributed by atoms with E-state index in [9.17, 15) is 18.4 Å². The van der Waals surface area contributed by atoms with Crippen molar-refractivity contribution in [1.82, 2.24) is 14.8 Å². The molecule has 28 heavy (non-hydrogen) atoms. The van der Waals surface area contributed by atoms with Gasteiger partial charge in [-0.1, -0.05) is 36.4 Å². The zero-order valence-electron chi connectivity index (χ0n) is 14.4. The standard InChI is InChI=1S/C20H13F2N3O3/c21-18(22)20-24-23-19(28-20)15-7-8-25(17(27)10-15)11-16(26)14-6-5-12-3-1-2-4-13(12)9-14/h1-10,18H,11H2. The fourth-order valence-corrected chi connectivity index (χ4v) is 2.82. The summed E-state index contributed by atoms with van der Waals surface area (Å²) in [4.78, 5) is 24.9. The van der Waals surface area contributed by atoms with Gasteiger partial charge in [0.05, 0.1) is 6.54 Å². The predicted molar refractivity (Wildman–Crippen MR) is 97.2 cm³/mol. The number of carbonyl (C=O) groups excluding carboxylic acids is 1. The van der Waals surface area contributed by atoms with Crippen molar-refractivity contribution in [3.8, 4) is 11.5 Å². The number of alkyl halides is 2. The zero-order valence-corrected chi connectivity index (χ0v) is 14.4. The van der Waals surface area contributed by atoms with Crippen molar-refractivity contribution in [2.75, 3.05) is 0 Å². The lowest BCUT2D eigenvalue weighted by Crippen LogP contribution is -2.23. The van der Waals surface area contributed by atoms with Gasteiger partial charge in [-0.25, -0.2) is 0 Å². The third-order valence-corrected chi connectivity index (χ3v) is 4.26. The topological polar surface area (TPSA) is 78.0 Å². The molecule has 0 aliphatic heterocycles. The molecule has 0 unspecified atom stereocenters. The second-order valence-electron chi connectivity index (χ2n) is 6.11. The monoisotopic (exact) mass is 381 g/mol. The van der Waals surface area contributed by atoms with Crippen LogP contribution in [0, 0.1) is 0 Å². The van der Waals surface area contributed by atoms with E-state index in [1.165, 1.54) is 16.8 Å². The van der Waals surface area contributed by atoms with E-state index in [0.717, 1.165) is 16.8 Å². The largest absolute Gasteiger partial charge is 0.415 e. The fraction of sp³-hybridized carbons (Fsp3) is 0.100. The average molecular weight is 381 g/mol. The minimum absolute atomic E-state index is 0.149. The maximum absolute atomic E-state index is 12.6. The van der Waals surface area contributed by atoms with Gasteiger partial charge in [0.1, 0.15) is 0 Å². The molecule has 0 atom stereocenters. The number of Topliss-reactive ketones (excluding diaryl/α,β-unsaturated/α-hetero) is 1. The molecule has 0 aliphatic carbocycles. The number of pyridine rings is 1. The third kappa shape index (κ3) is 3.44. The van der Waals surface area contributed by atoms with Crippen LogP contribution in [0.4, 0.5) is 8.78 Å². The highest BCUT2D eigenvalue weighted by Crippen LogP contribution is 2.22. The first-order valence-electron chi connectivity index (χ1n) is 8.36. The van der Waals surface area contributed by atoms with Crippen molar-refractivity contribution < 1.29 is 18.0 Å². The van der Waals surface area contributed by atoms with Gasteiger partial charge < -0.3 is 8.98 Å². The number of benzene rings is 2.